The molecule has 1 unspecified atom stereocenters. The first-order valence-corrected chi connectivity index (χ1v) is 7.30. The summed E-state index contributed by atoms with van der Waals surface area (Å²) in [5.41, 5.74) is 2.39. The van der Waals surface area contributed by atoms with Crippen LogP contribution in [0.1, 0.15) is 30.9 Å². The lowest BCUT2D eigenvalue weighted by molar-refractivity contribution is -0.138. The van der Waals surface area contributed by atoms with Crippen LogP contribution in [0.5, 0.6) is 0 Å². The summed E-state index contributed by atoms with van der Waals surface area (Å²) in [5.74, 6) is -0.853. The Hall–Kier alpha value is -2.04. The van der Waals surface area contributed by atoms with Crippen LogP contribution < -0.4 is 10.6 Å². The topological polar surface area (TPSA) is 78.4 Å². The van der Waals surface area contributed by atoms with Crippen LogP contribution in [0.4, 0.5) is 4.79 Å². The lowest BCUT2D eigenvalue weighted by Gasteiger charge is -2.14. The lowest BCUT2D eigenvalue weighted by atomic mass is 10.0. The van der Waals surface area contributed by atoms with Gasteiger partial charge in [-0.05, 0) is 24.8 Å². The Kier molecular flexibility index (Phi) is 7.29. The maximum Gasteiger partial charge on any atom is 0.314 e. The van der Waals surface area contributed by atoms with E-state index in [1.807, 2.05) is 32.0 Å². The Morgan fingerprint density at radius 3 is 2.67 bits per heavy atom. The first-order chi connectivity index (χ1) is 10.0. The smallest absolute Gasteiger partial charge is 0.314 e. The number of aryl methyl sites for hydroxylation is 1. The first-order valence-electron chi connectivity index (χ1n) is 7.30. The van der Waals surface area contributed by atoms with Crippen LogP contribution in [-0.2, 0) is 11.2 Å². The van der Waals surface area contributed by atoms with Gasteiger partial charge < -0.3 is 15.7 Å². The number of amides is 2. The van der Waals surface area contributed by atoms with Crippen molar-refractivity contribution in [3.05, 3.63) is 35.4 Å². The Bertz CT molecular complexity index is 474. The molecule has 0 heterocycles. The Labute approximate surface area is 125 Å². The highest BCUT2D eigenvalue weighted by atomic mass is 16.4. The van der Waals surface area contributed by atoms with Gasteiger partial charge in [-0.15, -0.1) is 0 Å². The molecule has 0 spiro atoms. The third-order valence-corrected chi connectivity index (χ3v) is 3.37. The van der Waals surface area contributed by atoms with Gasteiger partial charge >= 0.3 is 12.0 Å². The van der Waals surface area contributed by atoms with Gasteiger partial charge in [-0.2, -0.15) is 0 Å². The highest BCUT2D eigenvalue weighted by molar-refractivity contribution is 5.74. The van der Waals surface area contributed by atoms with Gasteiger partial charge in [0, 0.05) is 19.5 Å². The van der Waals surface area contributed by atoms with Crippen LogP contribution in [0.3, 0.4) is 0 Å². The molecule has 1 atom stereocenters. The summed E-state index contributed by atoms with van der Waals surface area (Å²) >= 11 is 0. The number of urea groups is 1. The molecule has 116 valence electrons. The fourth-order valence-electron chi connectivity index (χ4n) is 2.10. The average Bonchev–Trinajstić information content (AvgIpc) is 2.43. The zero-order valence-corrected chi connectivity index (χ0v) is 12.7. The summed E-state index contributed by atoms with van der Waals surface area (Å²) in [4.78, 5) is 22.3. The number of carboxylic acids is 1. The van der Waals surface area contributed by atoms with Crippen LogP contribution in [0.15, 0.2) is 24.3 Å². The van der Waals surface area contributed by atoms with Crippen molar-refractivity contribution in [2.45, 2.75) is 33.1 Å². The summed E-state index contributed by atoms with van der Waals surface area (Å²) in [6.45, 7) is 4.91. The SMILES string of the molecule is CCC(CNC(=O)NCCc1cccc(C)c1)CC(=O)O. The molecule has 0 aliphatic heterocycles. The fourth-order valence-corrected chi connectivity index (χ4v) is 2.10. The molecule has 1 rings (SSSR count). The zero-order valence-electron chi connectivity index (χ0n) is 12.7. The predicted molar refractivity (Wildman–Crippen MR) is 82.3 cm³/mol. The Balaban J connectivity index is 2.23. The minimum atomic E-state index is -0.830. The maximum absolute atomic E-state index is 11.6. The highest BCUT2D eigenvalue weighted by Crippen LogP contribution is 2.06. The Morgan fingerprint density at radius 2 is 2.05 bits per heavy atom. The molecule has 0 saturated heterocycles. The van der Waals surface area contributed by atoms with Gasteiger partial charge in [-0.3, -0.25) is 4.79 Å². The number of carboxylic acid groups (broad SMARTS) is 1. The molecule has 5 heteroatoms. The van der Waals surface area contributed by atoms with Crippen molar-refractivity contribution in [2.75, 3.05) is 13.1 Å². The van der Waals surface area contributed by atoms with Crippen LogP contribution in [-0.4, -0.2) is 30.2 Å². The average molecular weight is 292 g/mol. The van der Waals surface area contributed by atoms with Crippen molar-refractivity contribution in [3.63, 3.8) is 0 Å². The molecular formula is C16H24N2O3. The number of hydrogen-bond donors (Lipinski definition) is 3. The molecule has 1 aromatic carbocycles. The minimum Gasteiger partial charge on any atom is -0.481 e. The van der Waals surface area contributed by atoms with Gasteiger partial charge in [0.1, 0.15) is 0 Å². The molecule has 1 aromatic rings. The van der Waals surface area contributed by atoms with Crippen LogP contribution in [0.2, 0.25) is 0 Å². The normalized spacial score (nSPS) is 11.7. The molecule has 0 aromatic heterocycles. The van der Waals surface area contributed by atoms with Gasteiger partial charge in [0.05, 0.1) is 0 Å². The van der Waals surface area contributed by atoms with E-state index < -0.39 is 5.97 Å². The number of rotatable bonds is 8. The van der Waals surface area contributed by atoms with Gasteiger partial charge in [0.2, 0.25) is 0 Å². The second-order valence-electron chi connectivity index (χ2n) is 5.25. The third-order valence-electron chi connectivity index (χ3n) is 3.37. The molecule has 0 radical (unpaired) electrons. The quantitative estimate of drug-likeness (QED) is 0.688. The summed E-state index contributed by atoms with van der Waals surface area (Å²) in [7, 11) is 0. The molecule has 0 aliphatic carbocycles. The van der Waals surface area contributed by atoms with Crippen molar-refractivity contribution >= 4 is 12.0 Å². The van der Waals surface area contributed by atoms with E-state index in [-0.39, 0.29) is 18.4 Å². The number of nitrogens with one attached hydrogen (secondary N) is 2. The van der Waals surface area contributed by atoms with Gasteiger partial charge in [-0.1, -0.05) is 43.2 Å². The molecule has 2 amide bonds. The monoisotopic (exact) mass is 292 g/mol. The van der Waals surface area contributed by atoms with Crippen molar-refractivity contribution in [2.24, 2.45) is 5.92 Å². The molecule has 0 bridgehead atoms. The van der Waals surface area contributed by atoms with E-state index in [1.165, 1.54) is 11.1 Å². The van der Waals surface area contributed by atoms with Gasteiger partial charge in [-0.25, -0.2) is 4.79 Å². The zero-order chi connectivity index (χ0) is 15.7. The first kappa shape index (κ1) is 17.0. The maximum atomic E-state index is 11.6. The predicted octanol–water partition coefficient (Wildman–Crippen LogP) is 2.34. The van der Waals surface area contributed by atoms with Gasteiger partial charge in [0.25, 0.3) is 0 Å². The van der Waals surface area contributed by atoms with E-state index in [0.29, 0.717) is 13.1 Å². The van der Waals surface area contributed by atoms with Crippen molar-refractivity contribution in [3.8, 4) is 0 Å². The van der Waals surface area contributed by atoms with E-state index in [4.69, 9.17) is 5.11 Å². The lowest BCUT2D eigenvalue weighted by Crippen LogP contribution is -2.39. The molecular weight excluding hydrogens is 268 g/mol. The van der Waals surface area contributed by atoms with Crippen molar-refractivity contribution < 1.29 is 14.7 Å². The standard InChI is InChI=1S/C16H24N2O3/c1-3-13(10-15(19)20)11-18-16(21)17-8-7-14-6-4-5-12(2)9-14/h4-6,9,13H,3,7-8,10-11H2,1-2H3,(H,19,20)(H2,17,18,21). The van der Waals surface area contributed by atoms with Crippen molar-refractivity contribution in [1.29, 1.82) is 0 Å². The van der Waals surface area contributed by atoms with Gasteiger partial charge in [0.15, 0.2) is 0 Å². The molecule has 0 aliphatic rings. The fraction of sp³-hybridized carbons (Fsp3) is 0.500. The van der Waals surface area contributed by atoms with E-state index >= 15 is 0 Å². The Morgan fingerprint density at radius 1 is 1.29 bits per heavy atom. The third kappa shape index (κ3) is 7.34. The molecule has 0 saturated carbocycles. The van der Waals surface area contributed by atoms with Crippen LogP contribution >= 0.6 is 0 Å². The second kappa shape index (κ2) is 9.00. The number of carbonyl (C=O) groups excluding carboxylic acids is 1. The summed E-state index contributed by atoms with van der Waals surface area (Å²) in [6.07, 6.45) is 1.59. The molecule has 21 heavy (non-hydrogen) atoms. The molecule has 3 N–H and O–H groups in total. The van der Waals surface area contributed by atoms with E-state index in [9.17, 15) is 9.59 Å². The second-order valence-corrected chi connectivity index (χ2v) is 5.25. The molecule has 5 nitrogen and oxygen atoms in total. The number of benzene rings is 1. The summed E-state index contributed by atoms with van der Waals surface area (Å²) < 4.78 is 0. The minimum absolute atomic E-state index is 0.0231. The molecule has 0 fully saturated rings. The summed E-state index contributed by atoms with van der Waals surface area (Å²) in [5, 5.41) is 14.3. The number of hydrogen-bond acceptors (Lipinski definition) is 2. The summed E-state index contributed by atoms with van der Waals surface area (Å²) in [6, 6.07) is 7.93. The van der Waals surface area contributed by atoms with E-state index in [2.05, 4.69) is 16.7 Å². The van der Waals surface area contributed by atoms with Crippen molar-refractivity contribution in [1.82, 2.24) is 10.6 Å². The van der Waals surface area contributed by atoms with Crippen LogP contribution in [0, 0.1) is 12.8 Å². The largest absolute Gasteiger partial charge is 0.481 e. The number of aliphatic carboxylic acids is 1. The highest BCUT2D eigenvalue weighted by Gasteiger charge is 2.12. The van der Waals surface area contributed by atoms with Crippen LogP contribution in [0.25, 0.3) is 0 Å². The van der Waals surface area contributed by atoms with E-state index in [1.54, 1.807) is 0 Å². The van der Waals surface area contributed by atoms with E-state index in [0.717, 1.165) is 12.8 Å². The number of carbonyl (C=O) groups is 2.